The molecule has 2 atom stereocenters. The molecule has 0 saturated carbocycles. The van der Waals surface area contributed by atoms with E-state index in [9.17, 15) is 0 Å². The Morgan fingerprint density at radius 1 is 1.25 bits per heavy atom. The molecule has 0 aromatic heterocycles. The fourth-order valence-corrected chi connectivity index (χ4v) is 0.487. The van der Waals surface area contributed by atoms with Gasteiger partial charge in [-0.05, 0) is 0 Å². The highest BCUT2D eigenvalue weighted by atomic mass is 32.1. The molecule has 0 unspecified atom stereocenters. The Bertz CT molecular complexity index is 51.2. The molecule has 0 fully saturated rings. The van der Waals surface area contributed by atoms with Crippen molar-refractivity contribution in [1.82, 2.24) is 0 Å². The number of hydrogen-bond acceptors (Lipinski definition) is 4. The summed E-state index contributed by atoms with van der Waals surface area (Å²) in [5.41, 5.74) is 0. The van der Waals surface area contributed by atoms with Crippen LogP contribution in [0.3, 0.4) is 0 Å². The van der Waals surface area contributed by atoms with E-state index in [4.69, 9.17) is 15.3 Å². The Morgan fingerprint density at radius 2 is 1.75 bits per heavy atom. The lowest BCUT2D eigenvalue weighted by Crippen LogP contribution is -2.30. The maximum absolute atomic E-state index is 8.64. The van der Waals surface area contributed by atoms with E-state index in [1.54, 1.807) is 0 Å². The molecule has 8 heavy (non-hydrogen) atoms. The highest BCUT2D eigenvalue weighted by molar-refractivity contribution is 7.80. The Balaban J connectivity index is 3.29. The van der Waals surface area contributed by atoms with Crippen molar-refractivity contribution in [2.24, 2.45) is 0 Å². The van der Waals surface area contributed by atoms with Gasteiger partial charge in [0.05, 0.1) is 12.7 Å². The third-order valence-electron chi connectivity index (χ3n) is 0.818. The lowest BCUT2D eigenvalue weighted by Gasteiger charge is -2.11. The van der Waals surface area contributed by atoms with Crippen molar-refractivity contribution in [2.45, 2.75) is 12.2 Å². The first-order chi connectivity index (χ1) is 3.72. The number of thiol groups is 1. The molecule has 0 aromatic carbocycles. The molecule has 50 valence electrons. The maximum atomic E-state index is 8.64. The average Bonchev–Trinajstić information content (AvgIpc) is 1.84. The van der Waals surface area contributed by atoms with Crippen molar-refractivity contribution in [2.75, 3.05) is 12.4 Å². The minimum atomic E-state index is -1.05. The highest BCUT2D eigenvalue weighted by Gasteiger charge is 2.11. The van der Waals surface area contributed by atoms with Gasteiger partial charge in [0, 0.05) is 5.75 Å². The van der Waals surface area contributed by atoms with Gasteiger partial charge in [-0.3, -0.25) is 0 Å². The van der Waals surface area contributed by atoms with Gasteiger partial charge in [0.15, 0.2) is 0 Å². The molecule has 3 nitrogen and oxygen atoms in total. The van der Waals surface area contributed by atoms with Crippen LogP contribution in [0.15, 0.2) is 0 Å². The molecule has 0 heterocycles. The van der Waals surface area contributed by atoms with Crippen LogP contribution in [0.5, 0.6) is 0 Å². The summed E-state index contributed by atoms with van der Waals surface area (Å²) in [6.45, 7) is -0.415. The summed E-state index contributed by atoms with van der Waals surface area (Å²) in [5.74, 6) is 0.168. The van der Waals surface area contributed by atoms with Gasteiger partial charge in [-0.1, -0.05) is 0 Å². The van der Waals surface area contributed by atoms with Crippen LogP contribution in [0.2, 0.25) is 0 Å². The number of aliphatic hydroxyl groups is 3. The summed E-state index contributed by atoms with van der Waals surface area (Å²) in [6.07, 6.45) is -1.96. The van der Waals surface area contributed by atoms with Crippen LogP contribution in [-0.2, 0) is 0 Å². The normalized spacial score (nSPS) is 18.0. The summed E-state index contributed by atoms with van der Waals surface area (Å²) in [5, 5.41) is 25.4. The topological polar surface area (TPSA) is 60.7 Å². The van der Waals surface area contributed by atoms with E-state index >= 15 is 0 Å². The molecule has 0 aliphatic carbocycles. The van der Waals surface area contributed by atoms with Crippen molar-refractivity contribution in [3.63, 3.8) is 0 Å². The van der Waals surface area contributed by atoms with E-state index in [1.165, 1.54) is 0 Å². The van der Waals surface area contributed by atoms with Gasteiger partial charge in [-0.15, -0.1) is 0 Å². The van der Waals surface area contributed by atoms with Crippen molar-refractivity contribution in [1.29, 1.82) is 0 Å². The molecule has 0 bridgehead atoms. The first-order valence-corrected chi connectivity index (χ1v) is 2.93. The number of aliphatic hydroxyl groups excluding tert-OH is 3. The fourth-order valence-electron chi connectivity index (χ4n) is 0.243. The molecule has 0 rings (SSSR count). The van der Waals surface area contributed by atoms with E-state index in [1.807, 2.05) is 0 Å². The minimum Gasteiger partial charge on any atom is -0.394 e. The quantitative estimate of drug-likeness (QED) is 0.364. The van der Waals surface area contributed by atoms with E-state index in [2.05, 4.69) is 12.6 Å². The zero-order valence-electron chi connectivity index (χ0n) is 4.36. The van der Waals surface area contributed by atoms with E-state index < -0.39 is 18.8 Å². The molecule has 4 heteroatoms. The molecule has 0 radical (unpaired) electrons. The predicted octanol–water partition coefficient (Wildman–Crippen LogP) is -1.37. The van der Waals surface area contributed by atoms with E-state index in [-0.39, 0.29) is 5.75 Å². The number of rotatable bonds is 3. The number of hydrogen-bond donors (Lipinski definition) is 4. The summed E-state index contributed by atoms with van der Waals surface area (Å²) < 4.78 is 0. The summed E-state index contributed by atoms with van der Waals surface area (Å²) >= 11 is 3.69. The third-order valence-corrected chi connectivity index (χ3v) is 1.19. The first-order valence-electron chi connectivity index (χ1n) is 2.30. The smallest absolute Gasteiger partial charge is 0.104 e. The van der Waals surface area contributed by atoms with E-state index in [0.29, 0.717) is 0 Å². The summed E-state index contributed by atoms with van der Waals surface area (Å²) in [7, 11) is 0. The van der Waals surface area contributed by atoms with Crippen molar-refractivity contribution in [3.05, 3.63) is 0 Å². The molecule has 0 aliphatic rings. The maximum Gasteiger partial charge on any atom is 0.104 e. The van der Waals surface area contributed by atoms with Crippen molar-refractivity contribution < 1.29 is 15.3 Å². The summed E-state index contributed by atoms with van der Waals surface area (Å²) in [4.78, 5) is 0. The standard InChI is InChI=1S/C4H10O3S/c5-1-3(6)4(7)2-8/h3-8H,1-2H2/t3-,4-/m1/s1. The van der Waals surface area contributed by atoms with Crippen molar-refractivity contribution >= 4 is 12.6 Å². The first kappa shape index (κ1) is 8.23. The van der Waals surface area contributed by atoms with Crippen molar-refractivity contribution in [3.8, 4) is 0 Å². The average molecular weight is 138 g/mol. The van der Waals surface area contributed by atoms with Gasteiger partial charge < -0.3 is 15.3 Å². The van der Waals surface area contributed by atoms with Gasteiger partial charge in [0.2, 0.25) is 0 Å². The van der Waals surface area contributed by atoms with Crippen LogP contribution in [0.25, 0.3) is 0 Å². The molecule has 0 saturated heterocycles. The van der Waals surface area contributed by atoms with Gasteiger partial charge in [0.1, 0.15) is 6.10 Å². The zero-order valence-corrected chi connectivity index (χ0v) is 5.25. The van der Waals surface area contributed by atoms with Gasteiger partial charge in [-0.25, -0.2) is 0 Å². The lowest BCUT2D eigenvalue weighted by molar-refractivity contribution is -0.00173. The molecular weight excluding hydrogens is 128 g/mol. The second kappa shape index (κ2) is 4.14. The van der Waals surface area contributed by atoms with E-state index in [0.717, 1.165) is 0 Å². The molecule has 0 aliphatic heterocycles. The van der Waals surface area contributed by atoms with Crippen LogP contribution in [0.4, 0.5) is 0 Å². The Hall–Kier alpha value is 0.230. The molecule has 0 spiro atoms. The van der Waals surface area contributed by atoms with Gasteiger partial charge in [0.25, 0.3) is 0 Å². The Morgan fingerprint density at radius 3 is 1.88 bits per heavy atom. The lowest BCUT2D eigenvalue weighted by atomic mass is 10.2. The zero-order chi connectivity index (χ0) is 6.57. The SMILES string of the molecule is OC[C@@H](O)[C@H](O)CS. The van der Waals surface area contributed by atoms with Gasteiger partial charge >= 0.3 is 0 Å². The van der Waals surface area contributed by atoms with Crippen LogP contribution in [0, 0.1) is 0 Å². The fraction of sp³-hybridized carbons (Fsp3) is 1.00. The molecule has 3 N–H and O–H groups in total. The highest BCUT2D eigenvalue weighted by Crippen LogP contribution is 1.93. The Kier molecular flexibility index (Phi) is 4.26. The summed E-state index contributed by atoms with van der Waals surface area (Å²) in [6, 6.07) is 0. The van der Waals surface area contributed by atoms with Crippen LogP contribution in [0.1, 0.15) is 0 Å². The van der Waals surface area contributed by atoms with Crippen LogP contribution in [-0.4, -0.2) is 39.9 Å². The third kappa shape index (κ3) is 2.52. The molecular formula is C4H10O3S. The van der Waals surface area contributed by atoms with Gasteiger partial charge in [-0.2, -0.15) is 12.6 Å². The molecule has 0 aromatic rings. The second-order valence-corrected chi connectivity index (χ2v) is 1.86. The van der Waals surface area contributed by atoms with Crippen LogP contribution < -0.4 is 0 Å². The monoisotopic (exact) mass is 138 g/mol. The second-order valence-electron chi connectivity index (χ2n) is 1.50. The predicted molar refractivity (Wildman–Crippen MR) is 33.0 cm³/mol. The minimum absolute atomic E-state index is 0.168. The molecule has 0 amide bonds. The largest absolute Gasteiger partial charge is 0.394 e. The van der Waals surface area contributed by atoms with Crippen LogP contribution >= 0.6 is 12.6 Å². The Labute approximate surface area is 53.4 Å².